The van der Waals surface area contributed by atoms with E-state index in [9.17, 15) is 9.59 Å². The van der Waals surface area contributed by atoms with Crippen LogP contribution in [0.15, 0.2) is 4.42 Å². The summed E-state index contributed by atoms with van der Waals surface area (Å²) in [7, 11) is 0. The predicted octanol–water partition coefficient (Wildman–Crippen LogP) is 3.94. The zero-order chi connectivity index (χ0) is 25.4. The molecule has 0 bridgehead atoms. The molecule has 3 rings (SSSR count). The third kappa shape index (κ3) is 6.76. The number of carbonyl (C=O) groups is 2. The first-order valence-electron chi connectivity index (χ1n) is 12.5. The number of rotatable bonds is 12. The Labute approximate surface area is 211 Å². The van der Waals surface area contributed by atoms with Crippen molar-refractivity contribution in [2.45, 2.75) is 78.4 Å². The average molecular weight is 510 g/mol. The van der Waals surface area contributed by atoms with Crippen molar-refractivity contribution in [1.29, 1.82) is 0 Å². The van der Waals surface area contributed by atoms with Gasteiger partial charge in [-0.05, 0) is 25.7 Å². The molecule has 0 aromatic carbocycles. The summed E-state index contributed by atoms with van der Waals surface area (Å²) in [5.41, 5.74) is 0.951. The number of halogens is 1. The molecule has 1 fully saturated rings. The fourth-order valence-corrected chi connectivity index (χ4v) is 4.18. The Bertz CT molecular complexity index is 991. The number of oxazole rings is 1. The zero-order valence-corrected chi connectivity index (χ0v) is 21.7. The van der Waals surface area contributed by atoms with E-state index in [1.807, 2.05) is 32.6 Å². The van der Waals surface area contributed by atoms with Gasteiger partial charge in [0, 0.05) is 19.6 Å². The summed E-state index contributed by atoms with van der Waals surface area (Å²) < 4.78 is 17.4. The number of carbonyl (C=O) groups excluding carboxylic acids is 2. The van der Waals surface area contributed by atoms with Gasteiger partial charge in [0.05, 0.1) is 31.0 Å². The molecule has 1 saturated heterocycles. The minimum absolute atomic E-state index is 0.190. The van der Waals surface area contributed by atoms with Crippen molar-refractivity contribution in [2.75, 3.05) is 31.2 Å². The molecular formula is C24H36ClN5O5. The molecule has 11 heteroatoms. The maximum absolute atomic E-state index is 12.8. The van der Waals surface area contributed by atoms with Crippen molar-refractivity contribution < 1.29 is 23.5 Å². The summed E-state index contributed by atoms with van der Waals surface area (Å²) in [4.78, 5) is 38.9. The molecule has 1 aliphatic heterocycles. The number of nitrogens with zero attached hydrogens (tertiary/aromatic N) is 3. The van der Waals surface area contributed by atoms with Gasteiger partial charge in [0.2, 0.25) is 0 Å². The Balaban J connectivity index is 1.71. The van der Waals surface area contributed by atoms with Crippen molar-refractivity contribution in [2.24, 2.45) is 0 Å². The van der Waals surface area contributed by atoms with E-state index in [0.717, 1.165) is 25.0 Å². The largest absolute Gasteiger partial charge is 0.461 e. The maximum Gasteiger partial charge on any atom is 0.360 e. The highest BCUT2D eigenvalue weighted by molar-refractivity contribution is 6.30. The molecule has 2 N–H and O–H groups in total. The van der Waals surface area contributed by atoms with E-state index < -0.39 is 5.97 Å². The summed E-state index contributed by atoms with van der Waals surface area (Å²) >= 11 is 6.10. The van der Waals surface area contributed by atoms with Gasteiger partial charge in [-0.1, -0.05) is 45.7 Å². The molecule has 194 valence electrons. The number of hydrogen-bond donors (Lipinski definition) is 2. The third-order valence-corrected chi connectivity index (χ3v) is 6.22. The van der Waals surface area contributed by atoms with Gasteiger partial charge in [0.1, 0.15) is 5.76 Å². The fourth-order valence-electron chi connectivity index (χ4n) is 3.91. The van der Waals surface area contributed by atoms with Gasteiger partial charge in [-0.3, -0.25) is 4.79 Å². The van der Waals surface area contributed by atoms with Crippen LogP contribution in [0.4, 0.5) is 6.01 Å². The number of esters is 1. The zero-order valence-electron chi connectivity index (χ0n) is 21.0. The SMILES string of the molecule is CCCCOC(=O)c1nc(N2CCC(NC(=O)c3nc(Cl)c(CC)[nH]3)C(OCCC)C2)oc1CC. The number of piperidine rings is 1. The molecule has 0 saturated carbocycles. The molecule has 0 radical (unpaired) electrons. The van der Waals surface area contributed by atoms with E-state index >= 15 is 0 Å². The van der Waals surface area contributed by atoms with Crippen molar-refractivity contribution >= 4 is 29.5 Å². The highest BCUT2D eigenvalue weighted by atomic mass is 35.5. The van der Waals surface area contributed by atoms with Crippen LogP contribution < -0.4 is 10.2 Å². The summed E-state index contributed by atoms with van der Waals surface area (Å²) in [6, 6.07) is 0.142. The van der Waals surface area contributed by atoms with E-state index in [1.54, 1.807) is 0 Å². The Morgan fingerprint density at radius 1 is 1.17 bits per heavy atom. The van der Waals surface area contributed by atoms with Crippen LogP contribution in [0.1, 0.15) is 85.9 Å². The highest BCUT2D eigenvalue weighted by Gasteiger charge is 2.34. The summed E-state index contributed by atoms with van der Waals surface area (Å²) in [5.74, 6) is -0.0918. The van der Waals surface area contributed by atoms with Crippen LogP contribution in [0.2, 0.25) is 5.15 Å². The first kappa shape index (κ1) is 27.0. The van der Waals surface area contributed by atoms with Crippen LogP contribution >= 0.6 is 11.6 Å². The second kappa shape index (κ2) is 12.9. The third-order valence-electron chi connectivity index (χ3n) is 5.91. The lowest BCUT2D eigenvalue weighted by Crippen LogP contribution is -2.55. The first-order chi connectivity index (χ1) is 16.9. The summed E-state index contributed by atoms with van der Waals surface area (Å²) in [5, 5.41) is 3.35. The van der Waals surface area contributed by atoms with Gasteiger partial charge in [-0.15, -0.1) is 0 Å². The van der Waals surface area contributed by atoms with Crippen molar-refractivity contribution in [1.82, 2.24) is 20.3 Å². The van der Waals surface area contributed by atoms with Gasteiger partial charge >= 0.3 is 5.97 Å². The minimum atomic E-state index is -0.463. The fraction of sp³-hybridized carbons (Fsp3) is 0.667. The molecule has 1 amide bonds. The Kier molecular flexibility index (Phi) is 9.97. The standard InChI is InChI=1S/C24H36ClN5O5/c1-5-9-13-34-23(32)19-17(8-4)35-24(28-19)30-11-10-16(18(14-30)33-12-6-2)27-22(31)21-26-15(7-3)20(25)29-21/h16,18H,5-14H2,1-4H3,(H,26,29)(H,27,31). The minimum Gasteiger partial charge on any atom is -0.461 e. The van der Waals surface area contributed by atoms with Gasteiger partial charge in [-0.25, -0.2) is 9.78 Å². The smallest absolute Gasteiger partial charge is 0.360 e. The molecule has 3 heterocycles. The van der Waals surface area contributed by atoms with E-state index in [2.05, 4.69) is 20.3 Å². The molecule has 2 aromatic heterocycles. The van der Waals surface area contributed by atoms with Crippen LogP contribution in [0.5, 0.6) is 0 Å². The number of unbranched alkanes of at least 4 members (excludes halogenated alkanes) is 1. The maximum atomic E-state index is 12.8. The van der Waals surface area contributed by atoms with Crippen LogP contribution in [0, 0.1) is 0 Å². The normalized spacial score (nSPS) is 18.0. The number of aryl methyl sites for hydroxylation is 2. The number of ether oxygens (including phenoxy) is 2. The van der Waals surface area contributed by atoms with E-state index in [-0.39, 0.29) is 29.6 Å². The van der Waals surface area contributed by atoms with Crippen molar-refractivity contribution in [3.05, 3.63) is 28.1 Å². The molecule has 35 heavy (non-hydrogen) atoms. The number of amides is 1. The van der Waals surface area contributed by atoms with Gasteiger partial charge in [0.15, 0.2) is 16.7 Å². The lowest BCUT2D eigenvalue weighted by atomic mass is 10.0. The monoisotopic (exact) mass is 509 g/mol. The molecular weight excluding hydrogens is 474 g/mol. The molecule has 0 aliphatic carbocycles. The van der Waals surface area contributed by atoms with E-state index in [0.29, 0.717) is 62.5 Å². The molecule has 2 aromatic rings. The van der Waals surface area contributed by atoms with E-state index in [1.165, 1.54) is 0 Å². The molecule has 1 aliphatic rings. The Morgan fingerprint density at radius 2 is 1.97 bits per heavy atom. The highest BCUT2D eigenvalue weighted by Crippen LogP contribution is 2.25. The second-order valence-corrected chi connectivity index (χ2v) is 8.90. The topological polar surface area (TPSA) is 123 Å². The lowest BCUT2D eigenvalue weighted by Gasteiger charge is -2.37. The molecule has 2 unspecified atom stereocenters. The molecule has 2 atom stereocenters. The van der Waals surface area contributed by atoms with Crippen LogP contribution in [0.25, 0.3) is 0 Å². The lowest BCUT2D eigenvalue weighted by molar-refractivity contribution is 0.0195. The number of hydrogen-bond acceptors (Lipinski definition) is 8. The summed E-state index contributed by atoms with van der Waals surface area (Å²) in [6.45, 7) is 9.86. The predicted molar refractivity (Wildman–Crippen MR) is 132 cm³/mol. The number of imidazole rings is 1. The number of H-pyrrole nitrogens is 1. The Hall–Kier alpha value is -2.59. The van der Waals surface area contributed by atoms with Crippen molar-refractivity contribution in [3.8, 4) is 0 Å². The second-order valence-electron chi connectivity index (χ2n) is 8.54. The van der Waals surface area contributed by atoms with Crippen LogP contribution in [-0.2, 0) is 22.3 Å². The number of aromatic nitrogens is 3. The van der Waals surface area contributed by atoms with Gasteiger partial charge < -0.3 is 29.1 Å². The Morgan fingerprint density at radius 3 is 2.63 bits per heavy atom. The van der Waals surface area contributed by atoms with Crippen LogP contribution in [-0.4, -0.2) is 65.3 Å². The number of nitrogens with one attached hydrogen (secondary N) is 2. The van der Waals surface area contributed by atoms with Gasteiger partial charge in [0.25, 0.3) is 11.9 Å². The van der Waals surface area contributed by atoms with Crippen LogP contribution in [0.3, 0.4) is 0 Å². The quantitative estimate of drug-likeness (QED) is 0.326. The summed E-state index contributed by atoms with van der Waals surface area (Å²) in [6.07, 6.45) is 4.09. The average Bonchev–Trinajstić information content (AvgIpc) is 3.47. The van der Waals surface area contributed by atoms with E-state index in [4.69, 9.17) is 25.5 Å². The number of aromatic amines is 1. The number of anilines is 1. The molecule has 10 nitrogen and oxygen atoms in total. The molecule has 0 spiro atoms. The first-order valence-corrected chi connectivity index (χ1v) is 12.9. The van der Waals surface area contributed by atoms with Gasteiger partial charge in [-0.2, -0.15) is 4.98 Å². The van der Waals surface area contributed by atoms with Crippen molar-refractivity contribution in [3.63, 3.8) is 0 Å².